The highest BCUT2D eigenvalue weighted by Gasteiger charge is 2.23. The van der Waals surface area contributed by atoms with Crippen LogP contribution in [0, 0.1) is 18.6 Å². The number of hydrogen-bond donors (Lipinski definition) is 0. The number of benzene rings is 1. The van der Waals surface area contributed by atoms with Gasteiger partial charge in [0.25, 0.3) is 5.78 Å². The summed E-state index contributed by atoms with van der Waals surface area (Å²) in [5, 5.41) is 0. The molecule has 0 aliphatic heterocycles. The van der Waals surface area contributed by atoms with E-state index in [1.54, 1.807) is 0 Å². The fourth-order valence-corrected chi connectivity index (χ4v) is 1.13. The van der Waals surface area contributed by atoms with Gasteiger partial charge in [-0.2, -0.15) is 0 Å². The van der Waals surface area contributed by atoms with E-state index in [1.165, 1.54) is 19.9 Å². The Morgan fingerprint density at radius 2 is 1.88 bits per heavy atom. The van der Waals surface area contributed by atoms with Gasteiger partial charge in [0.15, 0.2) is 11.6 Å². The zero-order valence-corrected chi connectivity index (χ0v) is 8.84. The largest absolute Gasteiger partial charge is 0.460 e. The fourth-order valence-electron chi connectivity index (χ4n) is 1.13. The third-order valence-electron chi connectivity index (χ3n) is 1.98. The number of Topliss-reactive ketones (excluding diaryl/α,β-unsaturated/α-hetero) is 1. The minimum atomic E-state index is -1.32. The standard InChI is InChI=1S/C11H10F2O3/c1-3-16-11(15)10(14)7-5-4-6(2)8(12)9(7)13/h4-5H,3H2,1-2H3. The van der Waals surface area contributed by atoms with Crippen LogP contribution in [0.3, 0.4) is 0 Å². The first-order valence-corrected chi connectivity index (χ1v) is 4.65. The Hall–Kier alpha value is -1.78. The summed E-state index contributed by atoms with van der Waals surface area (Å²) in [6.07, 6.45) is 0. The molecule has 3 nitrogen and oxygen atoms in total. The molecule has 0 spiro atoms. The number of aryl methyl sites for hydroxylation is 1. The van der Waals surface area contributed by atoms with Gasteiger partial charge in [0.05, 0.1) is 12.2 Å². The molecule has 0 N–H and O–H groups in total. The van der Waals surface area contributed by atoms with E-state index in [4.69, 9.17) is 0 Å². The number of carbonyl (C=O) groups is 2. The van der Waals surface area contributed by atoms with Crippen molar-refractivity contribution in [3.05, 3.63) is 34.9 Å². The van der Waals surface area contributed by atoms with Crippen molar-refractivity contribution in [3.8, 4) is 0 Å². The Morgan fingerprint density at radius 1 is 1.25 bits per heavy atom. The maximum Gasteiger partial charge on any atom is 0.379 e. The van der Waals surface area contributed by atoms with Gasteiger partial charge < -0.3 is 4.74 Å². The average Bonchev–Trinajstić information content (AvgIpc) is 2.26. The van der Waals surface area contributed by atoms with E-state index in [9.17, 15) is 18.4 Å². The minimum absolute atomic E-state index is 0.000532. The molecule has 5 heteroatoms. The highest BCUT2D eigenvalue weighted by atomic mass is 19.2. The van der Waals surface area contributed by atoms with Crippen LogP contribution < -0.4 is 0 Å². The van der Waals surface area contributed by atoms with E-state index >= 15 is 0 Å². The molecule has 1 aromatic carbocycles. The summed E-state index contributed by atoms with van der Waals surface area (Å²) in [5.41, 5.74) is -0.542. The summed E-state index contributed by atoms with van der Waals surface area (Å²) in [6.45, 7) is 2.87. The molecular weight excluding hydrogens is 218 g/mol. The lowest BCUT2D eigenvalue weighted by atomic mass is 10.1. The van der Waals surface area contributed by atoms with E-state index in [0.717, 1.165) is 6.07 Å². The average molecular weight is 228 g/mol. The summed E-state index contributed by atoms with van der Waals surface area (Å²) in [6, 6.07) is 2.29. The van der Waals surface area contributed by atoms with Gasteiger partial charge in [-0.15, -0.1) is 0 Å². The molecule has 16 heavy (non-hydrogen) atoms. The smallest absolute Gasteiger partial charge is 0.379 e. The Morgan fingerprint density at radius 3 is 2.44 bits per heavy atom. The molecule has 1 rings (SSSR count). The molecule has 86 valence electrons. The predicted octanol–water partition coefficient (Wildman–Crippen LogP) is 2.02. The van der Waals surface area contributed by atoms with Crippen LogP contribution in [-0.2, 0) is 9.53 Å². The van der Waals surface area contributed by atoms with Crippen molar-refractivity contribution in [3.63, 3.8) is 0 Å². The number of hydrogen-bond acceptors (Lipinski definition) is 3. The molecule has 0 heterocycles. The quantitative estimate of drug-likeness (QED) is 0.451. The van der Waals surface area contributed by atoms with Gasteiger partial charge in [-0.25, -0.2) is 13.6 Å². The summed E-state index contributed by atoms with van der Waals surface area (Å²) in [7, 11) is 0. The van der Waals surface area contributed by atoms with Gasteiger partial charge in [0.2, 0.25) is 0 Å². The number of halogens is 2. The molecule has 0 fully saturated rings. The zero-order chi connectivity index (χ0) is 12.3. The Bertz CT molecular complexity index is 441. The van der Waals surface area contributed by atoms with Crippen LogP contribution in [0.1, 0.15) is 22.8 Å². The van der Waals surface area contributed by atoms with Crippen molar-refractivity contribution in [2.24, 2.45) is 0 Å². The van der Waals surface area contributed by atoms with Crippen LogP contribution in [0.5, 0.6) is 0 Å². The molecule has 0 radical (unpaired) electrons. The first-order chi connectivity index (χ1) is 7.49. The minimum Gasteiger partial charge on any atom is -0.460 e. The molecule has 0 aromatic heterocycles. The van der Waals surface area contributed by atoms with Gasteiger partial charge in [0, 0.05) is 0 Å². The second-order valence-electron chi connectivity index (χ2n) is 3.11. The van der Waals surface area contributed by atoms with E-state index in [-0.39, 0.29) is 12.2 Å². The van der Waals surface area contributed by atoms with Crippen molar-refractivity contribution >= 4 is 11.8 Å². The normalized spacial score (nSPS) is 10.0. The molecule has 0 saturated heterocycles. The molecular formula is C11H10F2O3. The van der Waals surface area contributed by atoms with Crippen molar-refractivity contribution in [1.82, 2.24) is 0 Å². The summed E-state index contributed by atoms with van der Waals surface area (Å²) < 4.78 is 30.8. The lowest BCUT2D eigenvalue weighted by molar-refractivity contribution is -0.137. The molecule has 0 unspecified atom stereocenters. The number of ketones is 1. The topological polar surface area (TPSA) is 43.4 Å². The number of rotatable bonds is 3. The van der Waals surface area contributed by atoms with Gasteiger partial charge in [0.1, 0.15) is 0 Å². The highest BCUT2D eigenvalue weighted by molar-refractivity contribution is 6.40. The predicted molar refractivity (Wildman–Crippen MR) is 52.1 cm³/mol. The lowest BCUT2D eigenvalue weighted by Crippen LogP contribution is -2.19. The Balaban J connectivity index is 3.10. The van der Waals surface area contributed by atoms with Crippen molar-refractivity contribution in [2.75, 3.05) is 6.61 Å². The van der Waals surface area contributed by atoms with Gasteiger partial charge >= 0.3 is 5.97 Å². The maximum absolute atomic E-state index is 13.3. The molecule has 0 saturated carbocycles. The van der Waals surface area contributed by atoms with Crippen molar-refractivity contribution < 1.29 is 23.1 Å². The summed E-state index contributed by atoms with van der Waals surface area (Å²) >= 11 is 0. The van der Waals surface area contributed by atoms with Crippen molar-refractivity contribution in [1.29, 1.82) is 0 Å². The number of esters is 1. The third kappa shape index (κ3) is 2.24. The van der Waals surface area contributed by atoms with E-state index in [1.807, 2.05) is 0 Å². The van der Waals surface area contributed by atoms with Crippen LogP contribution in [-0.4, -0.2) is 18.4 Å². The van der Waals surface area contributed by atoms with Crippen LogP contribution in [0.25, 0.3) is 0 Å². The van der Waals surface area contributed by atoms with Crippen LogP contribution in [0.15, 0.2) is 12.1 Å². The molecule has 0 bridgehead atoms. The first-order valence-electron chi connectivity index (χ1n) is 4.65. The van der Waals surface area contributed by atoms with E-state index in [0.29, 0.717) is 0 Å². The SMILES string of the molecule is CCOC(=O)C(=O)c1ccc(C)c(F)c1F. The summed E-state index contributed by atoms with van der Waals surface area (Å²) in [5.74, 6) is -4.82. The molecule has 0 aliphatic carbocycles. The highest BCUT2D eigenvalue weighted by Crippen LogP contribution is 2.16. The fraction of sp³-hybridized carbons (Fsp3) is 0.273. The van der Waals surface area contributed by atoms with Crippen LogP contribution in [0.2, 0.25) is 0 Å². The number of carbonyl (C=O) groups excluding carboxylic acids is 2. The lowest BCUT2D eigenvalue weighted by Gasteiger charge is -2.04. The van der Waals surface area contributed by atoms with Gasteiger partial charge in [-0.3, -0.25) is 4.79 Å². The maximum atomic E-state index is 13.3. The Kier molecular flexibility index (Phi) is 3.71. The van der Waals surface area contributed by atoms with Crippen LogP contribution in [0.4, 0.5) is 8.78 Å². The Labute approximate surface area is 91.0 Å². The second-order valence-corrected chi connectivity index (χ2v) is 3.11. The monoisotopic (exact) mass is 228 g/mol. The van der Waals surface area contributed by atoms with E-state index < -0.39 is 29.0 Å². The summed E-state index contributed by atoms with van der Waals surface area (Å²) in [4.78, 5) is 22.4. The van der Waals surface area contributed by atoms with E-state index in [2.05, 4.69) is 4.74 Å². The molecule has 0 atom stereocenters. The van der Waals surface area contributed by atoms with Crippen LogP contribution >= 0.6 is 0 Å². The zero-order valence-electron chi connectivity index (χ0n) is 8.84. The second kappa shape index (κ2) is 4.83. The van der Waals surface area contributed by atoms with Crippen molar-refractivity contribution in [2.45, 2.75) is 13.8 Å². The number of ether oxygens (including phenoxy) is 1. The first kappa shape index (κ1) is 12.3. The molecule has 0 aliphatic rings. The third-order valence-corrected chi connectivity index (χ3v) is 1.98. The molecule has 1 aromatic rings. The molecule has 0 amide bonds. The van der Waals surface area contributed by atoms with Gasteiger partial charge in [-0.1, -0.05) is 6.07 Å². The van der Waals surface area contributed by atoms with Gasteiger partial charge in [-0.05, 0) is 25.5 Å².